The van der Waals surface area contributed by atoms with Gasteiger partial charge in [0.15, 0.2) is 0 Å². The van der Waals surface area contributed by atoms with E-state index in [1.165, 1.54) is 0 Å². The molecule has 3 rings (SSSR count). The number of aliphatic hydroxyl groups excluding tert-OH is 1. The van der Waals surface area contributed by atoms with Crippen molar-refractivity contribution in [1.82, 2.24) is 10.2 Å². The first-order valence-corrected chi connectivity index (χ1v) is 8.08. The molecular weight excluding hydrogens is 312 g/mol. The number of rotatable bonds is 4. The van der Waals surface area contributed by atoms with Gasteiger partial charge in [0.05, 0.1) is 17.1 Å². The van der Waals surface area contributed by atoms with E-state index in [0.717, 1.165) is 22.4 Å². The van der Waals surface area contributed by atoms with Crippen LogP contribution in [0.5, 0.6) is 0 Å². The van der Waals surface area contributed by atoms with Gasteiger partial charge in [-0.1, -0.05) is 48.6 Å². The summed E-state index contributed by atoms with van der Waals surface area (Å²) in [6.07, 6.45) is 6.57. The maximum absolute atomic E-state index is 8.52. The van der Waals surface area contributed by atoms with Gasteiger partial charge >= 0.3 is 0 Å². The molecule has 0 atom stereocenters. The van der Waals surface area contributed by atoms with E-state index in [-0.39, 0.29) is 6.61 Å². The van der Waals surface area contributed by atoms with Crippen LogP contribution in [-0.2, 0) is 6.42 Å². The number of aliphatic hydroxyl groups is 1. The van der Waals surface area contributed by atoms with E-state index < -0.39 is 0 Å². The van der Waals surface area contributed by atoms with Crippen molar-refractivity contribution >= 4 is 23.5 Å². The lowest BCUT2D eigenvalue weighted by molar-refractivity contribution is 0.299. The normalized spacial score (nSPS) is 10.5. The van der Waals surface area contributed by atoms with Crippen LogP contribution in [0.3, 0.4) is 0 Å². The number of aromatic amines is 1. The van der Waals surface area contributed by atoms with E-state index >= 15 is 0 Å². The summed E-state index contributed by atoms with van der Waals surface area (Å²) in [5.74, 6) is 0. The number of aromatic nitrogens is 2. The van der Waals surface area contributed by atoms with Crippen molar-refractivity contribution in [3.8, 4) is 0 Å². The number of nitrogens with two attached hydrogens (primary N) is 2. The minimum absolute atomic E-state index is 0.195. The average Bonchev–Trinajstić information content (AvgIpc) is 3.03. The van der Waals surface area contributed by atoms with Crippen molar-refractivity contribution in [3.63, 3.8) is 0 Å². The molecule has 0 radical (unpaired) electrons. The summed E-state index contributed by atoms with van der Waals surface area (Å²) >= 11 is 0. The molecule has 5 nitrogen and oxygen atoms in total. The van der Waals surface area contributed by atoms with E-state index in [1.807, 2.05) is 61.7 Å². The Morgan fingerprint density at radius 3 is 2.32 bits per heavy atom. The van der Waals surface area contributed by atoms with E-state index in [1.54, 1.807) is 0 Å². The Kier molecular flexibility index (Phi) is 6.80. The Morgan fingerprint density at radius 1 is 1.00 bits per heavy atom. The zero-order valence-corrected chi connectivity index (χ0v) is 14.3. The highest BCUT2D eigenvalue weighted by molar-refractivity contribution is 5.74. The molecule has 0 saturated heterocycles. The number of aryl methyl sites for hydroxylation is 1. The molecule has 0 saturated carbocycles. The van der Waals surface area contributed by atoms with E-state index in [9.17, 15) is 0 Å². The highest BCUT2D eigenvalue weighted by Gasteiger charge is 1.97. The van der Waals surface area contributed by atoms with Gasteiger partial charge in [-0.05, 0) is 42.2 Å². The maximum atomic E-state index is 8.52. The molecule has 25 heavy (non-hydrogen) atoms. The number of nitrogen functional groups attached to an aromatic ring is 2. The second-order valence-corrected chi connectivity index (χ2v) is 5.60. The molecule has 0 spiro atoms. The molecule has 0 bridgehead atoms. The molecule has 0 amide bonds. The van der Waals surface area contributed by atoms with Crippen LogP contribution in [-0.4, -0.2) is 21.9 Å². The van der Waals surface area contributed by atoms with E-state index in [4.69, 9.17) is 16.6 Å². The molecule has 0 aliphatic rings. The smallest absolute Gasteiger partial charge is 0.0623 e. The Hall–Kier alpha value is -3.05. The van der Waals surface area contributed by atoms with Gasteiger partial charge in [-0.3, -0.25) is 5.10 Å². The molecule has 0 unspecified atom stereocenters. The fourth-order valence-corrected chi connectivity index (χ4v) is 2.21. The average molecular weight is 336 g/mol. The lowest BCUT2D eigenvalue weighted by Gasteiger charge is -2.00. The van der Waals surface area contributed by atoms with Crippen molar-refractivity contribution in [1.29, 1.82) is 0 Å². The third-order valence-electron chi connectivity index (χ3n) is 3.70. The van der Waals surface area contributed by atoms with Crippen LogP contribution in [0.25, 0.3) is 12.2 Å². The number of nitrogens with zero attached hydrogens (tertiary/aromatic N) is 1. The van der Waals surface area contributed by atoms with Gasteiger partial charge in [0.25, 0.3) is 0 Å². The fraction of sp³-hybridized carbons (Fsp3) is 0.150. The maximum Gasteiger partial charge on any atom is 0.0623 e. The van der Waals surface area contributed by atoms with Crippen LogP contribution in [0.15, 0.2) is 54.7 Å². The quantitative estimate of drug-likeness (QED) is 0.434. The predicted molar refractivity (Wildman–Crippen MR) is 105 cm³/mol. The number of hydrogen-bond acceptors (Lipinski definition) is 4. The summed E-state index contributed by atoms with van der Waals surface area (Å²) in [6.45, 7) is 2.11. The summed E-state index contributed by atoms with van der Waals surface area (Å²) in [6, 6.07) is 15.8. The first-order valence-electron chi connectivity index (χ1n) is 8.08. The van der Waals surface area contributed by atoms with Crippen molar-refractivity contribution in [2.75, 3.05) is 18.1 Å². The molecule has 2 aromatic carbocycles. The molecule has 1 aromatic heterocycles. The van der Waals surface area contributed by atoms with Gasteiger partial charge in [0.2, 0.25) is 0 Å². The minimum atomic E-state index is 0.195. The summed E-state index contributed by atoms with van der Waals surface area (Å²) in [7, 11) is 0. The fourth-order valence-electron chi connectivity index (χ4n) is 2.21. The summed E-state index contributed by atoms with van der Waals surface area (Å²) in [5, 5.41) is 15.1. The van der Waals surface area contributed by atoms with Gasteiger partial charge in [-0.2, -0.15) is 5.10 Å². The van der Waals surface area contributed by atoms with Crippen LogP contribution in [0.2, 0.25) is 0 Å². The third-order valence-corrected chi connectivity index (χ3v) is 3.70. The van der Waals surface area contributed by atoms with Gasteiger partial charge in [0.1, 0.15) is 0 Å². The Labute approximate surface area is 148 Å². The third kappa shape index (κ3) is 5.82. The number of H-pyrrole nitrogens is 1. The van der Waals surface area contributed by atoms with E-state index in [0.29, 0.717) is 17.8 Å². The second kappa shape index (κ2) is 9.30. The minimum Gasteiger partial charge on any atom is -0.397 e. The number of anilines is 2. The number of hydrogen-bond donors (Lipinski definition) is 4. The van der Waals surface area contributed by atoms with Gasteiger partial charge < -0.3 is 16.6 Å². The zero-order valence-electron chi connectivity index (χ0n) is 14.3. The van der Waals surface area contributed by atoms with Crippen LogP contribution < -0.4 is 11.5 Å². The van der Waals surface area contributed by atoms with Crippen LogP contribution in [0, 0.1) is 6.92 Å². The number of nitrogens with one attached hydrogen (secondary N) is 1. The van der Waals surface area contributed by atoms with Crippen molar-refractivity contribution in [2.45, 2.75) is 13.3 Å². The highest BCUT2D eigenvalue weighted by Crippen LogP contribution is 2.17. The highest BCUT2D eigenvalue weighted by atomic mass is 16.2. The summed E-state index contributed by atoms with van der Waals surface area (Å²) < 4.78 is 0. The summed E-state index contributed by atoms with van der Waals surface area (Å²) in [5.41, 5.74) is 16.9. The van der Waals surface area contributed by atoms with Gasteiger partial charge in [-0.15, -0.1) is 0 Å². The predicted octanol–water partition coefficient (Wildman–Crippen LogP) is 3.27. The zero-order chi connectivity index (χ0) is 18.1. The largest absolute Gasteiger partial charge is 0.397 e. The molecule has 0 aliphatic carbocycles. The molecule has 5 heteroatoms. The Bertz CT molecular complexity index is 810. The topological polar surface area (TPSA) is 101 Å². The first kappa shape index (κ1) is 18.3. The molecular formula is C20H24N4O. The second-order valence-electron chi connectivity index (χ2n) is 5.60. The van der Waals surface area contributed by atoms with Crippen molar-refractivity contribution in [3.05, 3.63) is 77.1 Å². The standard InChI is InChI=1S/C14H14N2.C6H10N2O/c15-13-9-8-12(10-14(13)16)7-6-11-4-2-1-3-5-11;1-5-6(2-3-9)4-7-8-5/h1-10H,15-16H2;4,9H,2-3H2,1H3,(H,7,8). The SMILES string of the molecule is Cc1n[nH]cc1CCO.Nc1ccc(C=Cc2ccccc2)cc1N. The molecule has 6 N–H and O–H groups in total. The monoisotopic (exact) mass is 336 g/mol. The molecule has 0 fully saturated rings. The van der Waals surface area contributed by atoms with Gasteiger partial charge in [0, 0.05) is 12.8 Å². The molecule has 130 valence electrons. The lowest BCUT2D eigenvalue weighted by atomic mass is 10.1. The van der Waals surface area contributed by atoms with E-state index in [2.05, 4.69) is 22.3 Å². The lowest BCUT2D eigenvalue weighted by Crippen LogP contribution is -1.93. The molecule has 3 aromatic rings. The molecule has 0 aliphatic heterocycles. The van der Waals surface area contributed by atoms with Crippen molar-refractivity contribution in [2.24, 2.45) is 0 Å². The molecule has 1 heterocycles. The van der Waals surface area contributed by atoms with Crippen molar-refractivity contribution < 1.29 is 5.11 Å². The van der Waals surface area contributed by atoms with Gasteiger partial charge in [-0.25, -0.2) is 0 Å². The Balaban J connectivity index is 0.000000212. The summed E-state index contributed by atoms with van der Waals surface area (Å²) in [4.78, 5) is 0. The van der Waals surface area contributed by atoms with Crippen LogP contribution >= 0.6 is 0 Å². The van der Waals surface area contributed by atoms with Crippen LogP contribution in [0.4, 0.5) is 11.4 Å². The number of benzene rings is 2. The Morgan fingerprint density at radius 2 is 1.72 bits per heavy atom. The first-order chi connectivity index (χ1) is 12.1. The van der Waals surface area contributed by atoms with Crippen LogP contribution in [0.1, 0.15) is 22.4 Å².